The van der Waals surface area contributed by atoms with E-state index in [2.05, 4.69) is 38.2 Å². The summed E-state index contributed by atoms with van der Waals surface area (Å²) in [4.78, 5) is 0. The summed E-state index contributed by atoms with van der Waals surface area (Å²) in [6.07, 6.45) is 0. The molecule has 3 heteroatoms. The van der Waals surface area contributed by atoms with Crippen LogP contribution in [-0.4, -0.2) is 17.5 Å². The molecular weight excluding hydrogens is 228 g/mol. The van der Waals surface area contributed by atoms with Crippen molar-refractivity contribution in [3.63, 3.8) is 0 Å². The molecule has 0 aromatic heterocycles. The van der Waals surface area contributed by atoms with E-state index in [-0.39, 0.29) is 0 Å². The summed E-state index contributed by atoms with van der Waals surface area (Å²) < 4.78 is 0. The number of rotatable bonds is 6. The van der Waals surface area contributed by atoms with Crippen LogP contribution in [0, 0.1) is 11.3 Å². The first kappa shape index (κ1) is 14.1. The topological polar surface area (TPSA) is 35.8 Å². The molecule has 0 aliphatic rings. The van der Waals surface area contributed by atoms with Gasteiger partial charge >= 0.3 is 0 Å². The van der Waals surface area contributed by atoms with E-state index in [1.807, 2.05) is 30.0 Å². The molecule has 0 amide bonds. The highest BCUT2D eigenvalue weighted by molar-refractivity contribution is 7.99. The van der Waals surface area contributed by atoms with Crippen LogP contribution < -0.4 is 5.32 Å². The first-order chi connectivity index (χ1) is 8.13. The summed E-state index contributed by atoms with van der Waals surface area (Å²) in [7, 11) is 0. The molecular formula is C14H20N2S. The number of nitriles is 1. The minimum atomic E-state index is 0.302. The first-order valence-corrected chi connectivity index (χ1v) is 7.03. The zero-order valence-corrected chi connectivity index (χ0v) is 11.6. The molecule has 1 aromatic carbocycles. The van der Waals surface area contributed by atoms with Gasteiger partial charge in [0.05, 0.1) is 11.6 Å². The fourth-order valence-corrected chi connectivity index (χ4v) is 2.27. The molecule has 0 fully saturated rings. The van der Waals surface area contributed by atoms with E-state index in [1.54, 1.807) is 0 Å². The minimum absolute atomic E-state index is 0.302. The highest BCUT2D eigenvalue weighted by Crippen LogP contribution is 2.14. The monoisotopic (exact) mass is 248 g/mol. The molecule has 2 nitrogen and oxygen atoms in total. The maximum Gasteiger partial charge on any atom is 0.0991 e. The zero-order valence-electron chi connectivity index (χ0n) is 10.7. The lowest BCUT2D eigenvalue weighted by molar-refractivity contribution is 0.601. The van der Waals surface area contributed by atoms with Crippen molar-refractivity contribution in [3.05, 3.63) is 35.4 Å². The molecule has 1 aromatic rings. The lowest BCUT2D eigenvalue weighted by atomic mass is 10.1. The summed E-state index contributed by atoms with van der Waals surface area (Å²) in [5, 5.41) is 13.0. The molecule has 0 aliphatic heterocycles. The van der Waals surface area contributed by atoms with E-state index in [0.717, 1.165) is 17.9 Å². The number of hydrogen-bond acceptors (Lipinski definition) is 3. The molecule has 0 spiro atoms. The van der Waals surface area contributed by atoms with Crippen molar-refractivity contribution in [1.82, 2.24) is 5.32 Å². The summed E-state index contributed by atoms with van der Waals surface area (Å²) >= 11 is 1.96. The largest absolute Gasteiger partial charge is 0.309 e. The Balaban J connectivity index is 2.41. The van der Waals surface area contributed by atoms with Crippen molar-refractivity contribution in [2.75, 3.05) is 12.3 Å². The standard InChI is InChI=1S/C14H20N2S/c1-11(2)17-8-7-16-12(3)14-6-4-5-13(9-14)10-15/h4-6,9,11-12,16H,7-8H2,1-3H3/t12-/m0/s1. The van der Waals surface area contributed by atoms with Gasteiger partial charge in [-0.15, -0.1) is 0 Å². The molecule has 0 radical (unpaired) electrons. The van der Waals surface area contributed by atoms with E-state index in [9.17, 15) is 0 Å². The summed E-state index contributed by atoms with van der Waals surface area (Å²) in [6, 6.07) is 10.3. The molecule has 0 aliphatic carbocycles. The van der Waals surface area contributed by atoms with Crippen molar-refractivity contribution in [3.8, 4) is 6.07 Å². The highest BCUT2D eigenvalue weighted by Gasteiger charge is 2.05. The summed E-state index contributed by atoms with van der Waals surface area (Å²) in [5.41, 5.74) is 1.91. The summed E-state index contributed by atoms with van der Waals surface area (Å²) in [5.74, 6) is 1.12. The average molecular weight is 248 g/mol. The number of nitrogens with one attached hydrogen (secondary N) is 1. The van der Waals surface area contributed by atoms with Gasteiger partial charge in [0.25, 0.3) is 0 Å². The average Bonchev–Trinajstić information content (AvgIpc) is 2.34. The molecule has 0 unspecified atom stereocenters. The van der Waals surface area contributed by atoms with Crippen molar-refractivity contribution in [2.24, 2.45) is 0 Å². The van der Waals surface area contributed by atoms with Crippen molar-refractivity contribution in [1.29, 1.82) is 5.26 Å². The molecule has 1 N–H and O–H groups in total. The Bertz CT molecular complexity index is 382. The molecule has 0 heterocycles. The second kappa shape index (κ2) is 7.37. The smallest absolute Gasteiger partial charge is 0.0991 e. The van der Waals surface area contributed by atoms with E-state index in [1.165, 1.54) is 5.56 Å². The maximum atomic E-state index is 8.85. The van der Waals surface area contributed by atoms with Crippen LogP contribution in [0.5, 0.6) is 0 Å². The van der Waals surface area contributed by atoms with Crippen LogP contribution in [0.1, 0.15) is 37.9 Å². The van der Waals surface area contributed by atoms with Gasteiger partial charge in [0.15, 0.2) is 0 Å². The van der Waals surface area contributed by atoms with E-state index >= 15 is 0 Å². The predicted octanol–water partition coefficient (Wildman–Crippen LogP) is 3.35. The maximum absolute atomic E-state index is 8.85. The van der Waals surface area contributed by atoms with Gasteiger partial charge < -0.3 is 5.32 Å². The van der Waals surface area contributed by atoms with E-state index in [4.69, 9.17) is 5.26 Å². The van der Waals surface area contributed by atoms with Gasteiger partial charge in [0.2, 0.25) is 0 Å². The molecule has 1 atom stereocenters. The Labute approximate surface area is 108 Å². The van der Waals surface area contributed by atoms with Gasteiger partial charge in [-0.3, -0.25) is 0 Å². The second-order valence-electron chi connectivity index (χ2n) is 4.33. The fourth-order valence-electron chi connectivity index (χ4n) is 1.57. The number of benzene rings is 1. The number of thioether (sulfide) groups is 1. The van der Waals surface area contributed by atoms with Crippen LogP contribution in [0.4, 0.5) is 0 Å². The minimum Gasteiger partial charge on any atom is -0.309 e. The Morgan fingerprint density at radius 3 is 2.76 bits per heavy atom. The number of nitrogens with zero attached hydrogens (tertiary/aromatic N) is 1. The molecule has 0 saturated carbocycles. The van der Waals surface area contributed by atoms with Gasteiger partial charge in [0, 0.05) is 18.3 Å². The SMILES string of the molecule is CC(C)SCCN[C@@H](C)c1cccc(C#N)c1. The molecule has 0 saturated heterocycles. The van der Waals surface area contributed by atoms with Crippen molar-refractivity contribution >= 4 is 11.8 Å². The third kappa shape index (κ3) is 5.25. The van der Waals surface area contributed by atoms with Crippen LogP contribution >= 0.6 is 11.8 Å². The van der Waals surface area contributed by atoms with Gasteiger partial charge in [0.1, 0.15) is 0 Å². The molecule has 17 heavy (non-hydrogen) atoms. The highest BCUT2D eigenvalue weighted by atomic mass is 32.2. The zero-order chi connectivity index (χ0) is 12.7. The van der Waals surface area contributed by atoms with E-state index in [0.29, 0.717) is 11.3 Å². The molecule has 1 rings (SSSR count). The fraction of sp³-hybridized carbons (Fsp3) is 0.500. The Kier molecular flexibility index (Phi) is 6.10. The second-order valence-corrected chi connectivity index (χ2v) is 6.02. The predicted molar refractivity (Wildman–Crippen MR) is 75.2 cm³/mol. The number of hydrogen-bond donors (Lipinski definition) is 1. The van der Waals surface area contributed by atoms with Gasteiger partial charge in [-0.2, -0.15) is 17.0 Å². The van der Waals surface area contributed by atoms with Crippen LogP contribution in [-0.2, 0) is 0 Å². The van der Waals surface area contributed by atoms with Gasteiger partial charge in [-0.05, 0) is 29.9 Å². The Morgan fingerprint density at radius 2 is 2.12 bits per heavy atom. The Hall–Kier alpha value is -0.980. The molecule has 92 valence electrons. The van der Waals surface area contributed by atoms with Crippen molar-refractivity contribution < 1.29 is 0 Å². The normalized spacial score (nSPS) is 12.4. The summed E-state index contributed by atoms with van der Waals surface area (Å²) in [6.45, 7) is 7.56. The third-order valence-electron chi connectivity index (χ3n) is 2.52. The Morgan fingerprint density at radius 1 is 1.35 bits per heavy atom. The van der Waals surface area contributed by atoms with Crippen LogP contribution in [0.15, 0.2) is 24.3 Å². The van der Waals surface area contributed by atoms with Gasteiger partial charge in [-0.25, -0.2) is 0 Å². The van der Waals surface area contributed by atoms with Crippen molar-refractivity contribution in [2.45, 2.75) is 32.1 Å². The lowest BCUT2D eigenvalue weighted by Crippen LogP contribution is -2.21. The molecule has 0 bridgehead atoms. The van der Waals surface area contributed by atoms with Gasteiger partial charge in [-0.1, -0.05) is 26.0 Å². The van der Waals surface area contributed by atoms with Crippen LogP contribution in [0.25, 0.3) is 0 Å². The third-order valence-corrected chi connectivity index (χ3v) is 3.63. The quantitative estimate of drug-likeness (QED) is 0.784. The van der Waals surface area contributed by atoms with Crippen LogP contribution in [0.3, 0.4) is 0 Å². The van der Waals surface area contributed by atoms with Crippen LogP contribution in [0.2, 0.25) is 0 Å². The first-order valence-electron chi connectivity index (χ1n) is 5.98. The lowest BCUT2D eigenvalue weighted by Gasteiger charge is -2.14. The van der Waals surface area contributed by atoms with E-state index < -0.39 is 0 Å².